The third-order valence-electron chi connectivity index (χ3n) is 1.63. The van der Waals surface area contributed by atoms with Crippen LogP contribution >= 0.6 is 0 Å². The van der Waals surface area contributed by atoms with E-state index in [1.54, 1.807) is 0 Å². The summed E-state index contributed by atoms with van der Waals surface area (Å²) in [5.41, 5.74) is 0. The topological polar surface area (TPSA) is 3.24 Å². The van der Waals surface area contributed by atoms with Crippen molar-refractivity contribution in [1.82, 2.24) is 4.57 Å². The van der Waals surface area contributed by atoms with E-state index in [0.717, 1.165) is 0 Å². The molecule has 0 aliphatic heterocycles. The first-order valence-electron chi connectivity index (χ1n) is 4.05. The highest BCUT2D eigenvalue weighted by Crippen LogP contribution is 2.06. The molecule has 0 aliphatic rings. The minimum Gasteiger partial charge on any atom is -0.320 e. The molecule has 0 N–H and O–H groups in total. The molecule has 0 aromatic rings. The largest absolute Gasteiger partial charge is 0.320 e. The molecule has 0 unspecified atom stereocenters. The highest BCUT2D eigenvalue weighted by molar-refractivity contribution is 6.52. The quantitative estimate of drug-likeness (QED) is 0.570. The van der Waals surface area contributed by atoms with Crippen LogP contribution in [0, 0.1) is 0 Å². The summed E-state index contributed by atoms with van der Waals surface area (Å²) >= 11 is 0. The van der Waals surface area contributed by atoms with Gasteiger partial charge < -0.3 is 4.57 Å². The van der Waals surface area contributed by atoms with Crippen molar-refractivity contribution in [2.75, 3.05) is 0 Å². The monoisotopic (exact) mass is 158 g/mol. The lowest BCUT2D eigenvalue weighted by Gasteiger charge is -2.33. The summed E-state index contributed by atoms with van der Waals surface area (Å²) in [5.74, 6) is 0. The SMILES string of the molecule is CC(C)N(C(C)C)[Si](C)C. The first-order chi connectivity index (χ1) is 4.46. The van der Waals surface area contributed by atoms with Crippen LogP contribution in [-0.2, 0) is 0 Å². The van der Waals surface area contributed by atoms with Crippen molar-refractivity contribution in [1.29, 1.82) is 0 Å². The molecule has 0 atom stereocenters. The zero-order chi connectivity index (χ0) is 8.31. The van der Waals surface area contributed by atoms with Crippen LogP contribution in [0.15, 0.2) is 0 Å². The lowest BCUT2D eigenvalue weighted by atomic mass is 10.3. The van der Waals surface area contributed by atoms with E-state index in [2.05, 4.69) is 45.4 Å². The molecule has 0 amide bonds. The molecule has 0 bridgehead atoms. The maximum Gasteiger partial charge on any atom is 0.130 e. The molecule has 0 spiro atoms. The number of rotatable bonds is 3. The molecule has 0 aliphatic carbocycles. The van der Waals surface area contributed by atoms with Gasteiger partial charge in [-0.15, -0.1) is 0 Å². The van der Waals surface area contributed by atoms with Crippen LogP contribution in [0.4, 0.5) is 0 Å². The van der Waals surface area contributed by atoms with Gasteiger partial charge in [0, 0.05) is 0 Å². The summed E-state index contributed by atoms with van der Waals surface area (Å²) in [4.78, 5) is 0. The van der Waals surface area contributed by atoms with Gasteiger partial charge in [-0.2, -0.15) is 0 Å². The Morgan fingerprint density at radius 2 is 1.20 bits per heavy atom. The van der Waals surface area contributed by atoms with E-state index < -0.39 is 0 Å². The van der Waals surface area contributed by atoms with Crippen LogP contribution in [0.5, 0.6) is 0 Å². The predicted molar refractivity (Wildman–Crippen MR) is 49.6 cm³/mol. The van der Waals surface area contributed by atoms with Crippen LogP contribution in [0.3, 0.4) is 0 Å². The molecule has 0 fully saturated rings. The van der Waals surface area contributed by atoms with Crippen molar-refractivity contribution in [3.8, 4) is 0 Å². The summed E-state index contributed by atoms with van der Waals surface area (Å²) in [6.07, 6.45) is 0. The van der Waals surface area contributed by atoms with Gasteiger partial charge in [0.1, 0.15) is 8.96 Å². The Balaban J connectivity index is 3.98. The first kappa shape index (κ1) is 10.2. The number of nitrogens with zero attached hydrogens (tertiary/aromatic N) is 1. The lowest BCUT2D eigenvalue weighted by Crippen LogP contribution is -2.44. The van der Waals surface area contributed by atoms with Gasteiger partial charge in [-0.05, 0) is 12.1 Å². The molecule has 1 radical (unpaired) electrons. The molecule has 61 valence electrons. The Morgan fingerprint density at radius 1 is 0.900 bits per heavy atom. The maximum absolute atomic E-state index is 2.60. The standard InChI is InChI=1S/C8H20NSi/c1-7(2)9(8(3)4)10(5)6/h7-8H,1-6H3. The third-order valence-corrected chi connectivity index (χ3v) is 3.69. The van der Waals surface area contributed by atoms with E-state index in [1.807, 2.05) is 0 Å². The van der Waals surface area contributed by atoms with Gasteiger partial charge in [0.05, 0.1) is 0 Å². The number of hydrogen-bond acceptors (Lipinski definition) is 1. The van der Waals surface area contributed by atoms with Crippen molar-refractivity contribution < 1.29 is 0 Å². The maximum atomic E-state index is 2.60. The summed E-state index contributed by atoms with van der Waals surface area (Å²) in [7, 11) is -0.239. The summed E-state index contributed by atoms with van der Waals surface area (Å²) in [5, 5.41) is 0. The molecule has 0 aromatic carbocycles. The van der Waals surface area contributed by atoms with Crippen LogP contribution in [0.1, 0.15) is 27.7 Å². The average molecular weight is 158 g/mol. The van der Waals surface area contributed by atoms with E-state index in [0.29, 0.717) is 12.1 Å². The molecule has 10 heavy (non-hydrogen) atoms. The third kappa shape index (κ3) is 2.84. The average Bonchev–Trinajstić information content (AvgIpc) is 1.59. The molecular formula is C8H20NSi. The molecular weight excluding hydrogens is 138 g/mol. The van der Waals surface area contributed by atoms with E-state index in [4.69, 9.17) is 0 Å². The van der Waals surface area contributed by atoms with Gasteiger partial charge >= 0.3 is 0 Å². The van der Waals surface area contributed by atoms with Gasteiger partial charge in [0.25, 0.3) is 0 Å². The Morgan fingerprint density at radius 3 is 1.20 bits per heavy atom. The van der Waals surface area contributed by atoms with E-state index in [-0.39, 0.29) is 8.96 Å². The molecule has 0 rings (SSSR count). The van der Waals surface area contributed by atoms with Crippen molar-refractivity contribution >= 4 is 8.96 Å². The fourth-order valence-electron chi connectivity index (χ4n) is 1.63. The van der Waals surface area contributed by atoms with E-state index >= 15 is 0 Å². The fourth-order valence-corrected chi connectivity index (χ4v) is 3.69. The summed E-state index contributed by atoms with van der Waals surface area (Å²) in [6.45, 7) is 13.8. The van der Waals surface area contributed by atoms with E-state index in [9.17, 15) is 0 Å². The van der Waals surface area contributed by atoms with Crippen molar-refractivity contribution in [3.63, 3.8) is 0 Å². The predicted octanol–water partition coefficient (Wildman–Crippen LogP) is 2.36. The smallest absolute Gasteiger partial charge is 0.130 e. The molecule has 2 heteroatoms. The number of hydrogen-bond donors (Lipinski definition) is 0. The minimum absolute atomic E-state index is 0.239. The second-order valence-electron chi connectivity index (χ2n) is 3.54. The van der Waals surface area contributed by atoms with Gasteiger partial charge in [-0.3, -0.25) is 0 Å². The second-order valence-corrected chi connectivity index (χ2v) is 5.95. The normalized spacial score (nSPS) is 12.6. The zero-order valence-corrected chi connectivity index (χ0v) is 9.10. The van der Waals surface area contributed by atoms with Crippen molar-refractivity contribution in [2.24, 2.45) is 0 Å². The molecule has 1 nitrogen and oxygen atoms in total. The summed E-state index contributed by atoms with van der Waals surface area (Å²) < 4.78 is 2.60. The zero-order valence-electron chi connectivity index (χ0n) is 8.10. The van der Waals surface area contributed by atoms with Crippen LogP contribution in [-0.4, -0.2) is 25.6 Å². The molecule has 0 aromatic heterocycles. The molecule has 0 saturated heterocycles. The van der Waals surface area contributed by atoms with Gasteiger partial charge in [-0.25, -0.2) is 0 Å². The lowest BCUT2D eigenvalue weighted by molar-refractivity contribution is 0.305. The Labute approximate surface area is 67.1 Å². The Kier molecular flexibility index (Phi) is 4.21. The second kappa shape index (κ2) is 4.14. The minimum atomic E-state index is -0.239. The van der Waals surface area contributed by atoms with E-state index in [1.165, 1.54) is 0 Å². The van der Waals surface area contributed by atoms with Crippen LogP contribution < -0.4 is 0 Å². The highest BCUT2D eigenvalue weighted by Gasteiger charge is 2.16. The summed E-state index contributed by atoms with van der Waals surface area (Å²) in [6, 6.07) is 1.42. The molecule has 0 heterocycles. The van der Waals surface area contributed by atoms with Gasteiger partial charge in [0.2, 0.25) is 0 Å². The fraction of sp³-hybridized carbons (Fsp3) is 1.00. The first-order valence-corrected chi connectivity index (χ1v) is 6.50. The van der Waals surface area contributed by atoms with Crippen molar-refractivity contribution in [2.45, 2.75) is 52.9 Å². The van der Waals surface area contributed by atoms with Crippen LogP contribution in [0.2, 0.25) is 13.1 Å². The van der Waals surface area contributed by atoms with Gasteiger partial charge in [-0.1, -0.05) is 40.8 Å². The Hall–Kier alpha value is 0.177. The van der Waals surface area contributed by atoms with Crippen LogP contribution in [0.25, 0.3) is 0 Å². The molecule has 0 saturated carbocycles. The van der Waals surface area contributed by atoms with Crippen molar-refractivity contribution in [3.05, 3.63) is 0 Å². The highest BCUT2D eigenvalue weighted by atomic mass is 28.3. The Bertz CT molecular complexity index is 70.2. The van der Waals surface area contributed by atoms with Gasteiger partial charge in [0.15, 0.2) is 0 Å².